The summed E-state index contributed by atoms with van der Waals surface area (Å²) in [4.78, 5) is 4.29. The van der Waals surface area contributed by atoms with E-state index in [-0.39, 0.29) is 0 Å². The summed E-state index contributed by atoms with van der Waals surface area (Å²) in [7, 11) is 0. The van der Waals surface area contributed by atoms with Crippen LogP contribution in [0.2, 0.25) is 5.02 Å². The molecule has 0 radical (unpaired) electrons. The fraction of sp³-hybridized carbons (Fsp3) is 0.583. The smallest absolute Gasteiger partial charge is 0.144 e. The van der Waals surface area contributed by atoms with E-state index in [2.05, 4.69) is 38.5 Å². The first-order valence-electron chi connectivity index (χ1n) is 5.85. The topological polar surface area (TPSA) is 37.0 Å². The zero-order valence-corrected chi connectivity index (χ0v) is 12.2. The van der Waals surface area contributed by atoms with E-state index < -0.39 is 0 Å². The van der Waals surface area contributed by atoms with Crippen LogP contribution in [0.25, 0.3) is 0 Å². The minimum Gasteiger partial charge on any atom is -0.368 e. The molecule has 1 aromatic rings. The maximum atomic E-state index is 6.13. The summed E-state index contributed by atoms with van der Waals surface area (Å²) < 4.78 is 0.904. The van der Waals surface area contributed by atoms with E-state index >= 15 is 0 Å². The van der Waals surface area contributed by atoms with Gasteiger partial charge in [-0.05, 0) is 53.3 Å². The van der Waals surface area contributed by atoms with Crippen LogP contribution in [0.4, 0.5) is 5.82 Å². The van der Waals surface area contributed by atoms with E-state index in [0.29, 0.717) is 10.4 Å². The van der Waals surface area contributed by atoms with Gasteiger partial charge in [0, 0.05) is 17.2 Å². The van der Waals surface area contributed by atoms with Crippen molar-refractivity contribution in [2.45, 2.75) is 19.8 Å². The van der Waals surface area contributed by atoms with Gasteiger partial charge < -0.3 is 10.6 Å². The van der Waals surface area contributed by atoms with E-state index in [4.69, 9.17) is 11.6 Å². The third-order valence-corrected chi connectivity index (χ3v) is 4.02. The van der Waals surface area contributed by atoms with Crippen LogP contribution < -0.4 is 10.6 Å². The maximum absolute atomic E-state index is 6.13. The van der Waals surface area contributed by atoms with Gasteiger partial charge in [-0.1, -0.05) is 18.5 Å². The molecule has 2 heterocycles. The summed E-state index contributed by atoms with van der Waals surface area (Å²) in [5, 5.41) is 7.40. The van der Waals surface area contributed by atoms with Crippen molar-refractivity contribution in [1.82, 2.24) is 10.3 Å². The molecule has 0 aromatic carbocycles. The number of anilines is 1. The van der Waals surface area contributed by atoms with E-state index in [9.17, 15) is 0 Å². The summed E-state index contributed by atoms with van der Waals surface area (Å²) in [6, 6.07) is 1.86. The molecule has 0 aliphatic carbocycles. The molecular formula is C12H17BrClN3. The molecule has 2 N–H and O–H groups in total. The first kappa shape index (κ1) is 13.1. The molecule has 17 heavy (non-hydrogen) atoms. The van der Waals surface area contributed by atoms with Gasteiger partial charge in [-0.25, -0.2) is 4.98 Å². The Labute approximate surface area is 115 Å². The van der Waals surface area contributed by atoms with Gasteiger partial charge >= 0.3 is 0 Å². The highest BCUT2D eigenvalue weighted by atomic mass is 79.9. The first-order chi connectivity index (χ1) is 8.09. The summed E-state index contributed by atoms with van der Waals surface area (Å²) >= 11 is 9.48. The third kappa shape index (κ3) is 3.57. The summed E-state index contributed by atoms with van der Waals surface area (Å²) in [5.41, 5.74) is 0.337. The Hall–Kier alpha value is -0.320. The Bertz CT molecular complexity index is 391. The molecule has 1 saturated heterocycles. The predicted molar refractivity (Wildman–Crippen MR) is 75.6 cm³/mol. The van der Waals surface area contributed by atoms with E-state index in [1.165, 1.54) is 12.8 Å². The SMILES string of the molecule is CC1(CNc2ncc(Br)cc2Cl)CCNCC1. The van der Waals surface area contributed by atoms with Gasteiger partial charge in [0.15, 0.2) is 0 Å². The molecule has 3 nitrogen and oxygen atoms in total. The van der Waals surface area contributed by atoms with Gasteiger partial charge in [-0.3, -0.25) is 0 Å². The average Bonchev–Trinajstić information content (AvgIpc) is 2.29. The molecule has 94 valence electrons. The highest BCUT2D eigenvalue weighted by molar-refractivity contribution is 9.10. The molecular weight excluding hydrogens is 302 g/mol. The lowest BCUT2D eigenvalue weighted by Gasteiger charge is -2.34. The summed E-state index contributed by atoms with van der Waals surface area (Å²) in [6.07, 6.45) is 4.14. The lowest BCUT2D eigenvalue weighted by Crippen LogP contribution is -2.39. The minimum absolute atomic E-state index is 0.337. The van der Waals surface area contributed by atoms with Crippen molar-refractivity contribution in [1.29, 1.82) is 0 Å². The number of pyridine rings is 1. The maximum Gasteiger partial charge on any atom is 0.144 e. The number of nitrogens with zero attached hydrogens (tertiary/aromatic N) is 1. The lowest BCUT2D eigenvalue weighted by atomic mass is 9.81. The Morgan fingerprint density at radius 3 is 2.88 bits per heavy atom. The molecule has 0 bridgehead atoms. The number of halogens is 2. The van der Waals surface area contributed by atoms with Crippen molar-refractivity contribution in [3.8, 4) is 0 Å². The molecule has 2 rings (SSSR count). The minimum atomic E-state index is 0.337. The molecule has 0 saturated carbocycles. The van der Waals surface area contributed by atoms with E-state index in [0.717, 1.165) is 29.9 Å². The van der Waals surface area contributed by atoms with Gasteiger partial charge in [-0.15, -0.1) is 0 Å². The normalized spacial score (nSPS) is 19.0. The van der Waals surface area contributed by atoms with Crippen molar-refractivity contribution in [2.24, 2.45) is 5.41 Å². The molecule has 0 amide bonds. The van der Waals surface area contributed by atoms with Crippen LogP contribution in [-0.2, 0) is 0 Å². The van der Waals surface area contributed by atoms with Gasteiger partial charge in [0.1, 0.15) is 5.82 Å². The van der Waals surface area contributed by atoms with Gasteiger partial charge in [0.2, 0.25) is 0 Å². The highest BCUT2D eigenvalue weighted by Gasteiger charge is 2.26. The first-order valence-corrected chi connectivity index (χ1v) is 7.02. The van der Waals surface area contributed by atoms with Gasteiger partial charge in [0.05, 0.1) is 5.02 Å². The van der Waals surface area contributed by atoms with Crippen LogP contribution in [-0.4, -0.2) is 24.6 Å². The zero-order valence-electron chi connectivity index (χ0n) is 9.89. The number of hydrogen-bond acceptors (Lipinski definition) is 3. The Morgan fingerprint density at radius 2 is 2.24 bits per heavy atom. The average molecular weight is 319 g/mol. The van der Waals surface area contributed by atoms with Gasteiger partial charge in [-0.2, -0.15) is 0 Å². The third-order valence-electron chi connectivity index (χ3n) is 3.30. The largest absolute Gasteiger partial charge is 0.368 e. The van der Waals surface area contributed by atoms with Crippen LogP contribution in [0.15, 0.2) is 16.7 Å². The number of aromatic nitrogens is 1. The molecule has 0 unspecified atom stereocenters. The van der Waals surface area contributed by atoms with Crippen molar-refractivity contribution in [3.63, 3.8) is 0 Å². The predicted octanol–water partition coefficient (Wildman–Crippen LogP) is 3.30. The Kier molecular flexibility index (Phi) is 4.28. The standard InChI is InChI=1S/C12H17BrClN3/c1-12(2-4-15-5-3-12)8-17-11-10(14)6-9(13)7-16-11/h6-7,15H,2-5,8H2,1H3,(H,16,17). The van der Waals surface area contributed by atoms with Crippen LogP contribution >= 0.6 is 27.5 Å². The van der Waals surface area contributed by atoms with Crippen molar-refractivity contribution in [2.75, 3.05) is 25.0 Å². The van der Waals surface area contributed by atoms with Crippen molar-refractivity contribution >= 4 is 33.3 Å². The molecule has 1 aliphatic heterocycles. The Balaban J connectivity index is 1.97. The zero-order chi connectivity index (χ0) is 12.3. The fourth-order valence-electron chi connectivity index (χ4n) is 2.05. The van der Waals surface area contributed by atoms with Gasteiger partial charge in [0.25, 0.3) is 0 Å². The van der Waals surface area contributed by atoms with Crippen LogP contribution in [0.3, 0.4) is 0 Å². The van der Waals surface area contributed by atoms with Crippen molar-refractivity contribution in [3.05, 3.63) is 21.8 Å². The summed E-state index contributed by atoms with van der Waals surface area (Å²) in [5.74, 6) is 0.773. The molecule has 1 aromatic heterocycles. The highest BCUT2D eigenvalue weighted by Crippen LogP contribution is 2.29. The van der Waals surface area contributed by atoms with E-state index in [1.54, 1.807) is 6.20 Å². The van der Waals surface area contributed by atoms with E-state index in [1.807, 2.05) is 6.07 Å². The molecule has 1 aliphatic rings. The molecule has 0 spiro atoms. The van der Waals surface area contributed by atoms with Crippen LogP contribution in [0.5, 0.6) is 0 Å². The number of hydrogen-bond donors (Lipinski definition) is 2. The molecule has 5 heteroatoms. The second kappa shape index (κ2) is 5.55. The second-order valence-electron chi connectivity index (χ2n) is 4.90. The molecule has 1 fully saturated rings. The lowest BCUT2D eigenvalue weighted by molar-refractivity contribution is 0.247. The second-order valence-corrected chi connectivity index (χ2v) is 6.22. The quantitative estimate of drug-likeness (QED) is 0.898. The Morgan fingerprint density at radius 1 is 1.53 bits per heavy atom. The molecule has 0 atom stereocenters. The number of nitrogens with one attached hydrogen (secondary N) is 2. The number of rotatable bonds is 3. The summed E-state index contributed by atoms with van der Waals surface area (Å²) in [6.45, 7) is 5.43. The number of piperidine rings is 1. The fourth-order valence-corrected chi connectivity index (χ4v) is 2.75. The monoisotopic (exact) mass is 317 g/mol. The van der Waals surface area contributed by atoms with Crippen LogP contribution in [0.1, 0.15) is 19.8 Å². The van der Waals surface area contributed by atoms with Crippen molar-refractivity contribution < 1.29 is 0 Å². The van der Waals surface area contributed by atoms with Crippen LogP contribution in [0, 0.1) is 5.41 Å².